The number of aliphatic hydroxyl groups is 1. The first kappa shape index (κ1) is 15.7. The summed E-state index contributed by atoms with van der Waals surface area (Å²) in [7, 11) is 0. The van der Waals surface area contributed by atoms with Gasteiger partial charge in [-0.15, -0.1) is 0 Å². The van der Waals surface area contributed by atoms with E-state index in [1.807, 2.05) is 17.5 Å². The molecule has 2 N–H and O–H groups in total. The second-order valence-corrected chi connectivity index (χ2v) is 6.05. The molecule has 0 aliphatic heterocycles. The number of aliphatic hydroxyl groups excluding tert-OH is 1. The Kier molecular flexibility index (Phi) is 4.76. The van der Waals surface area contributed by atoms with Crippen molar-refractivity contribution in [3.63, 3.8) is 0 Å². The van der Waals surface area contributed by atoms with Gasteiger partial charge in [0, 0.05) is 22.0 Å². The van der Waals surface area contributed by atoms with Crippen LogP contribution in [0.5, 0.6) is 0 Å². The number of hydrogen-bond acceptors (Lipinski definition) is 4. The van der Waals surface area contributed by atoms with Gasteiger partial charge < -0.3 is 10.4 Å². The van der Waals surface area contributed by atoms with Gasteiger partial charge in [0.2, 0.25) is 0 Å². The molecule has 2 aromatic heterocycles. The Balaban J connectivity index is 1.91. The van der Waals surface area contributed by atoms with Crippen LogP contribution < -0.4 is 5.32 Å². The average Bonchev–Trinajstić information content (AvgIpc) is 3.18. The Morgan fingerprint density at radius 2 is 2.22 bits per heavy atom. The number of nitrogens with one attached hydrogen (secondary N) is 1. The molecule has 0 aliphatic carbocycles. The molecule has 5 nitrogen and oxygen atoms in total. The highest BCUT2D eigenvalue weighted by Gasteiger charge is 2.13. The first-order valence-electron chi connectivity index (χ1n) is 6.95. The predicted octanol–water partition coefficient (Wildman–Crippen LogP) is 3.51. The van der Waals surface area contributed by atoms with Crippen LogP contribution in [0.2, 0.25) is 5.02 Å². The molecular formula is C16H14ClN3O2S. The third kappa shape index (κ3) is 3.61. The van der Waals surface area contributed by atoms with Crippen molar-refractivity contribution in [2.24, 2.45) is 0 Å². The van der Waals surface area contributed by atoms with Crippen LogP contribution in [-0.2, 0) is 6.54 Å². The number of carbonyl (C=O) groups is 1. The van der Waals surface area contributed by atoms with E-state index >= 15 is 0 Å². The van der Waals surface area contributed by atoms with Crippen molar-refractivity contribution < 1.29 is 9.90 Å². The zero-order valence-electron chi connectivity index (χ0n) is 12.1. The average molecular weight is 348 g/mol. The van der Waals surface area contributed by atoms with Crippen LogP contribution >= 0.6 is 22.9 Å². The first-order valence-corrected chi connectivity index (χ1v) is 8.27. The molecule has 118 valence electrons. The van der Waals surface area contributed by atoms with Gasteiger partial charge in [-0.2, -0.15) is 16.4 Å². The molecule has 7 heteroatoms. The first-order chi connectivity index (χ1) is 11.2. The highest BCUT2D eigenvalue weighted by atomic mass is 35.5. The van der Waals surface area contributed by atoms with Gasteiger partial charge in [0.25, 0.3) is 5.91 Å². The van der Waals surface area contributed by atoms with E-state index in [1.165, 1.54) is 11.3 Å². The number of rotatable bonds is 5. The molecular weight excluding hydrogens is 334 g/mol. The third-order valence-corrected chi connectivity index (χ3v) is 4.16. The normalized spacial score (nSPS) is 10.7. The van der Waals surface area contributed by atoms with Crippen molar-refractivity contribution in [3.8, 4) is 11.3 Å². The lowest BCUT2D eigenvalue weighted by atomic mass is 10.1. The fourth-order valence-corrected chi connectivity index (χ4v) is 2.98. The maximum atomic E-state index is 12.2. The predicted molar refractivity (Wildman–Crippen MR) is 92.0 cm³/mol. The Hall–Kier alpha value is -2.15. The number of hydrogen-bond donors (Lipinski definition) is 2. The topological polar surface area (TPSA) is 67.2 Å². The summed E-state index contributed by atoms with van der Waals surface area (Å²) in [6.45, 7) is 0.220. The third-order valence-electron chi connectivity index (χ3n) is 3.24. The van der Waals surface area contributed by atoms with Gasteiger partial charge in [0.05, 0.1) is 24.4 Å². The monoisotopic (exact) mass is 347 g/mol. The summed E-state index contributed by atoms with van der Waals surface area (Å²) >= 11 is 7.47. The van der Waals surface area contributed by atoms with Crippen LogP contribution in [0.25, 0.3) is 11.3 Å². The lowest BCUT2D eigenvalue weighted by Crippen LogP contribution is -2.16. The van der Waals surface area contributed by atoms with E-state index in [-0.39, 0.29) is 12.5 Å². The van der Waals surface area contributed by atoms with E-state index in [4.69, 9.17) is 11.6 Å². The Morgan fingerprint density at radius 3 is 2.91 bits per heavy atom. The maximum absolute atomic E-state index is 12.2. The van der Waals surface area contributed by atoms with Gasteiger partial charge in [0.15, 0.2) is 0 Å². The number of benzene rings is 1. The van der Waals surface area contributed by atoms with E-state index in [2.05, 4.69) is 10.4 Å². The van der Waals surface area contributed by atoms with Crippen molar-refractivity contribution in [1.82, 2.24) is 9.78 Å². The van der Waals surface area contributed by atoms with Crippen molar-refractivity contribution in [3.05, 3.63) is 57.7 Å². The molecule has 0 bridgehead atoms. The number of thiophene rings is 1. The minimum Gasteiger partial charge on any atom is -0.394 e. The number of carbonyl (C=O) groups excluding carboxylic acids is 1. The molecule has 2 heterocycles. The molecule has 0 unspecified atom stereocenters. The Bertz CT molecular complexity index is 815. The number of halogens is 1. The minimum atomic E-state index is -0.206. The second-order valence-electron chi connectivity index (χ2n) is 4.84. The maximum Gasteiger partial charge on any atom is 0.257 e. The summed E-state index contributed by atoms with van der Waals surface area (Å²) in [5.74, 6) is 0.327. The fraction of sp³-hybridized carbons (Fsp3) is 0.125. The van der Waals surface area contributed by atoms with Gasteiger partial charge in [-0.25, -0.2) is 4.68 Å². The van der Waals surface area contributed by atoms with Crippen LogP contribution in [0.1, 0.15) is 10.4 Å². The van der Waals surface area contributed by atoms with E-state index in [9.17, 15) is 9.90 Å². The van der Waals surface area contributed by atoms with Crippen molar-refractivity contribution >= 4 is 34.7 Å². The van der Waals surface area contributed by atoms with Crippen LogP contribution in [-0.4, -0.2) is 27.4 Å². The van der Waals surface area contributed by atoms with Crippen molar-refractivity contribution in [1.29, 1.82) is 0 Å². The fourth-order valence-electron chi connectivity index (χ4n) is 2.15. The van der Waals surface area contributed by atoms with Crippen LogP contribution in [0.4, 0.5) is 5.82 Å². The molecule has 3 aromatic rings. The summed E-state index contributed by atoms with van der Waals surface area (Å²) in [6, 6.07) is 10.8. The standard InChI is InChI=1S/C16H14ClN3O2S/c17-13-3-1-2-11(8-13)14-9-15(20(19-14)5-6-21)18-16(22)12-4-7-23-10-12/h1-4,7-10,21H,5-6H2,(H,18,22). The molecule has 0 atom stereocenters. The Labute approximate surface area is 142 Å². The largest absolute Gasteiger partial charge is 0.394 e. The smallest absolute Gasteiger partial charge is 0.257 e. The zero-order valence-corrected chi connectivity index (χ0v) is 13.6. The number of amides is 1. The second kappa shape index (κ2) is 6.95. The summed E-state index contributed by atoms with van der Waals surface area (Å²) in [5.41, 5.74) is 2.12. The van der Waals surface area contributed by atoms with E-state index in [0.717, 1.165) is 5.56 Å². The van der Waals surface area contributed by atoms with Gasteiger partial charge in [-0.05, 0) is 23.6 Å². The van der Waals surface area contributed by atoms with Gasteiger partial charge in [0.1, 0.15) is 5.82 Å². The quantitative estimate of drug-likeness (QED) is 0.742. The summed E-state index contributed by atoms with van der Waals surface area (Å²) < 4.78 is 1.57. The number of aromatic nitrogens is 2. The molecule has 0 saturated heterocycles. The summed E-state index contributed by atoms with van der Waals surface area (Å²) in [4.78, 5) is 12.2. The Morgan fingerprint density at radius 1 is 1.35 bits per heavy atom. The SMILES string of the molecule is O=C(Nc1cc(-c2cccc(Cl)c2)nn1CCO)c1ccsc1. The van der Waals surface area contributed by atoms with E-state index < -0.39 is 0 Å². The van der Waals surface area contributed by atoms with Crippen LogP contribution in [0.3, 0.4) is 0 Å². The molecule has 0 spiro atoms. The molecule has 1 aromatic carbocycles. The number of nitrogens with zero attached hydrogens (tertiary/aromatic N) is 2. The zero-order chi connectivity index (χ0) is 16.2. The van der Waals surface area contributed by atoms with Crippen LogP contribution in [0.15, 0.2) is 47.2 Å². The summed E-state index contributed by atoms with van der Waals surface area (Å²) in [6.07, 6.45) is 0. The molecule has 3 rings (SSSR count). The highest BCUT2D eigenvalue weighted by molar-refractivity contribution is 7.08. The lowest BCUT2D eigenvalue weighted by Gasteiger charge is -2.06. The molecule has 0 radical (unpaired) electrons. The van der Waals surface area contributed by atoms with Gasteiger partial charge in [-0.3, -0.25) is 4.79 Å². The summed E-state index contributed by atoms with van der Waals surface area (Å²) in [5, 5.41) is 20.7. The lowest BCUT2D eigenvalue weighted by molar-refractivity contribution is 0.102. The van der Waals surface area contributed by atoms with Crippen LogP contribution in [0, 0.1) is 0 Å². The highest BCUT2D eigenvalue weighted by Crippen LogP contribution is 2.25. The molecule has 1 amide bonds. The molecule has 0 aliphatic rings. The van der Waals surface area contributed by atoms with Gasteiger partial charge in [-0.1, -0.05) is 23.7 Å². The molecule has 0 fully saturated rings. The van der Waals surface area contributed by atoms with Gasteiger partial charge >= 0.3 is 0 Å². The van der Waals surface area contributed by atoms with Crippen molar-refractivity contribution in [2.75, 3.05) is 11.9 Å². The van der Waals surface area contributed by atoms with Crippen molar-refractivity contribution in [2.45, 2.75) is 6.54 Å². The number of anilines is 1. The van der Waals surface area contributed by atoms with E-state index in [1.54, 1.807) is 34.3 Å². The van der Waals surface area contributed by atoms with E-state index in [0.29, 0.717) is 28.6 Å². The molecule has 23 heavy (non-hydrogen) atoms. The minimum absolute atomic E-state index is 0.0714. The molecule has 0 saturated carbocycles.